The van der Waals surface area contributed by atoms with Crippen LogP contribution in [0, 0.1) is 0 Å². The molecule has 0 radical (unpaired) electrons. The van der Waals surface area contributed by atoms with Crippen LogP contribution in [0.15, 0.2) is 46.5 Å². The van der Waals surface area contributed by atoms with Crippen molar-refractivity contribution in [2.24, 2.45) is 0 Å². The summed E-state index contributed by atoms with van der Waals surface area (Å²) >= 11 is 5.98. The van der Waals surface area contributed by atoms with E-state index in [0.717, 1.165) is 0 Å². The number of carboxylic acids is 1. The Balaban J connectivity index is 2.57. The predicted molar refractivity (Wildman–Crippen MR) is 78.6 cm³/mol. The van der Waals surface area contributed by atoms with Crippen molar-refractivity contribution < 1.29 is 19.5 Å². The molecule has 21 heavy (non-hydrogen) atoms. The maximum atomic E-state index is 12.4. The van der Waals surface area contributed by atoms with Crippen molar-refractivity contribution in [3.63, 3.8) is 0 Å². The van der Waals surface area contributed by atoms with Crippen molar-refractivity contribution in [3.05, 3.63) is 57.6 Å². The van der Waals surface area contributed by atoms with Crippen molar-refractivity contribution in [3.8, 4) is 0 Å². The van der Waals surface area contributed by atoms with E-state index >= 15 is 0 Å². The van der Waals surface area contributed by atoms with Crippen LogP contribution in [0.4, 0.5) is 0 Å². The number of halogens is 1. The number of ketones is 2. The minimum atomic E-state index is -1.12. The van der Waals surface area contributed by atoms with Gasteiger partial charge in [-0.25, -0.2) is 4.79 Å². The number of carboxylic acid groups (broad SMARTS) is 1. The second-order valence-corrected chi connectivity index (χ2v) is 5.03. The number of hydrogen-bond donors (Lipinski definition) is 1. The van der Waals surface area contributed by atoms with E-state index in [9.17, 15) is 14.4 Å². The van der Waals surface area contributed by atoms with Gasteiger partial charge in [0.25, 0.3) is 0 Å². The molecule has 0 bridgehead atoms. The number of carbonyl (C=O) groups excluding carboxylic acids is 2. The summed E-state index contributed by atoms with van der Waals surface area (Å²) in [5.74, 6) is -2.00. The Labute approximate surface area is 126 Å². The number of carbonyl (C=O) groups is 3. The molecule has 1 aliphatic rings. The third kappa shape index (κ3) is 2.81. The predicted octanol–water partition coefficient (Wildman–Crippen LogP) is 3.37. The van der Waals surface area contributed by atoms with Crippen LogP contribution in [0.3, 0.4) is 0 Å². The van der Waals surface area contributed by atoms with Gasteiger partial charge in [0, 0.05) is 22.3 Å². The van der Waals surface area contributed by atoms with Gasteiger partial charge in [-0.2, -0.15) is 0 Å². The van der Waals surface area contributed by atoms with Crippen LogP contribution in [0.2, 0.25) is 0 Å². The Morgan fingerprint density at radius 2 is 1.76 bits per heavy atom. The van der Waals surface area contributed by atoms with Gasteiger partial charge in [0.15, 0.2) is 5.78 Å². The van der Waals surface area contributed by atoms with Gasteiger partial charge in [-0.05, 0) is 12.5 Å². The maximum Gasteiger partial charge on any atom is 0.331 e. The van der Waals surface area contributed by atoms with Crippen LogP contribution >= 0.6 is 11.6 Å². The number of Topliss-reactive ketones (excluding diaryl/α,β-unsaturated/α-hetero) is 2. The second-order valence-electron chi connectivity index (χ2n) is 4.66. The van der Waals surface area contributed by atoms with E-state index in [2.05, 4.69) is 0 Å². The van der Waals surface area contributed by atoms with Crippen molar-refractivity contribution in [1.29, 1.82) is 0 Å². The Morgan fingerprint density at radius 3 is 2.29 bits per heavy atom. The molecule has 0 aliphatic heterocycles. The molecule has 2 rings (SSSR count). The number of fused-ring (bicyclic) bond motifs is 1. The molecule has 0 saturated heterocycles. The van der Waals surface area contributed by atoms with Crippen molar-refractivity contribution in [2.45, 2.75) is 19.8 Å². The van der Waals surface area contributed by atoms with E-state index in [1.807, 2.05) is 6.92 Å². The summed E-state index contributed by atoms with van der Waals surface area (Å²) < 4.78 is 0. The van der Waals surface area contributed by atoms with Crippen molar-refractivity contribution in [1.82, 2.24) is 0 Å². The third-order valence-corrected chi connectivity index (χ3v) is 3.58. The van der Waals surface area contributed by atoms with Crippen molar-refractivity contribution >= 4 is 29.1 Å². The minimum absolute atomic E-state index is 0.0498. The first-order valence-electron chi connectivity index (χ1n) is 6.49. The zero-order valence-electron chi connectivity index (χ0n) is 11.4. The van der Waals surface area contributed by atoms with Crippen LogP contribution < -0.4 is 0 Å². The van der Waals surface area contributed by atoms with Crippen LogP contribution in [0.1, 0.15) is 40.5 Å². The number of allylic oxidation sites excluding steroid dienone is 3. The molecule has 1 N–H and O–H groups in total. The lowest BCUT2D eigenvalue weighted by Crippen LogP contribution is -2.19. The number of benzene rings is 1. The van der Waals surface area contributed by atoms with Crippen LogP contribution in [-0.4, -0.2) is 22.6 Å². The molecule has 0 atom stereocenters. The monoisotopic (exact) mass is 304 g/mol. The molecule has 1 aliphatic carbocycles. The largest absolute Gasteiger partial charge is 0.478 e. The van der Waals surface area contributed by atoms with Crippen molar-refractivity contribution in [2.75, 3.05) is 0 Å². The lowest BCUT2D eigenvalue weighted by atomic mass is 9.88. The summed E-state index contributed by atoms with van der Waals surface area (Å²) in [5.41, 5.74) is 0.508. The Hall–Kier alpha value is -2.20. The number of rotatable bonds is 4. The molecular formula is C16H13ClO4. The highest BCUT2D eigenvalue weighted by atomic mass is 35.5. The van der Waals surface area contributed by atoms with Crippen LogP contribution in [0.25, 0.3) is 0 Å². The molecule has 0 unspecified atom stereocenters. The molecule has 1 aromatic rings. The van der Waals surface area contributed by atoms with Gasteiger partial charge in [-0.1, -0.05) is 49.2 Å². The normalized spacial score (nSPS) is 15.2. The fraction of sp³-hybridized carbons (Fsp3) is 0.188. The Bertz CT molecular complexity index is 698. The summed E-state index contributed by atoms with van der Waals surface area (Å²) in [6, 6.07) is 6.36. The van der Waals surface area contributed by atoms with E-state index < -0.39 is 17.5 Å². The molecule has 0 spiro atoms. The van der Waals surface area contributed by atoms with Gasteiger partial charge >= 0.3 is 5.97 Å². The van der Waals surface area contributed by atoms with Crippen LogP contribution in [0.5, 0.6) is 0 Å². The summed E-state index contributed by atoms with van der Waals surface area (Å²) in [6.07, 6.45) is 2.12. The summed E-state index contributed by atoms with van der Waals surface area (Å²) in [4.78, 5) is 35.7. The quantitative estimate of drug-likeness (QED) is 0.866. The summed E-state index contributed by atoms with van der Waals surface area (Å²) in [5, 5.41) is 8.91. The molecule has 0 fully saturated rings. The zero-order valence-corrected chi connectivity index (χ0v) is 12.1. The van der Waals surface area contributed by atoms with E-state index in [4.69, 9.17) is 16.7 Å². The SMILES string of the molecule is CCC/C(=C/C1=C(Cl)C(=O)c2ccccc2C1=O)C(=O)O. The van der Waals surface area contributed by atoms with E-state index in [1.165, 1.54) is 18.2 Å². The smallest absolute Gasteiger partial charge is 0.331 e. The maximum absolute atomic E-state index is 12.4. The molecular weight excluding hydrogens is 292 g/mol. The van der Waals surface area contributed by atoms with E-state index in [0.29, 0.717) is 12.8 Å². The first-order chi connectivity index (χ1) is 9.97. The molecule has 0 heterocycles. The van der Waals surface area contributed by atoms with Gasteiger partial charge in [0.2, 0.25) is 5.78 Å². The van der Waals surface area contributed by atoms with Crippen LogP contribution in [-0.2, 0) is 4.79 Å². The minimum Gasteiger partial charge on any atom is -0.478 e. The molecule has 4 nitrogen and oxygen atoms in total. The van der Waals surface area contributed by atoms with E-state index in [-0.39, 0.29) is 27.3 Å². The second kappa shape index (κ2) is 6.06. The molecule has 108 valence electrons. The summed E-state index contributed by atoms with van der Waals surface area (Å²) in [6.45, 7) is 1.83. The van der Waals surface area contributed by atoms with Gasteiger partial charge in [0.1, 0.15) is 0 Å². The lowest BCUT2D eigenvalue weighted by Gasteiger charge is -2.16. The summed E-state index contributed by atoms with van der Waals surface area (Å²) in [7, 11) is 0. The fourth-order valence-corrected chi connectivity index (χ4v) is 2.42. The molecule has 1 aromatic carbocycles. The third-order valence-electron chi connectivity index (χ3n) is 3.21. The Kier molecular flexibility index (Phi) is 4.38. The van der Waals surface area contributed by atoms with Gasteiger partial charge in [-0.15, -0.1) is 0 Å². The molecule has 0 aromatic heterocycles. The average Bonchev–Trinajstić information content (AvgIpc) is 2.48. The highest BCUT2D eigenvalue weighted by molar-refractivity contribution is 6.50. The highest BCUT2D eigenvalue weighted by Crippen LogP contribution is 2.30. The first-order valence-corrected chi connectivity index (χ1v) is 6.87. The topological polar surface area (TPSA) is 71.4 Å². The average molecular weight is 305 g/mol. The van der Waals surface area contributed by atoms with Gasteiger partial charge in [-0.3, -0.25) is 9.59 Å². The Morgan fingerprint density at radius 1 is 1.19 bits per heavy atom. The van der Waals surface area contributed by atoms with Gasteiger partial charge in [0.05, 0.1) is 5.03 Å². The number of hydrogen-bond acceptors (Lipinski definition) is 3. The standard InChI is InChI=1S/C16H13ClO4/c1-2-5-9(16(20)21)8-12-13(17)15(19)11-7-4-3-6-10(11)14(12)18/h3-4,6-8H,2,5H2,1H3,(H,20,21)/b9-8-. The lowest BCUT2D eigenvalue weighted by molar-refractivity contribution is -0.132. The zero-order chi connectivity index (χ0) is 15.6. The highest BCUT2D eigenvalue weighted by Gasteiger charge is 2.30. The van der Waals surface area contributed by atoms with E-state index in [1.54, 1.807) is 12.1 Å². The molecule has 5 heteroatoms. The molecule has 0 saturated carbocycles. The fourth-order valence-electron chi connectivity index (χ4n) is 2.18. The number of aliphatic carboxylic acids is 1. The first kappa shape index (κ1) is 15.2. The molecule has 0 amide bonds. The van der Waals surface area contributed by atoms with Gasteiger partial charge < -0.3 is 5.11 Å².